The molecule has 0 saturated heterocycles. The first kappa shape index (κ1) is 14.8. The summed E-state index contributed by atoms with van der Waals surface area (Å²) in [4.78, 5) is 0. The maximum atomic E-state index is 2.33. The second-order valence-corrected chi connectivity index (χ2v) is 6.59. The third-order valence-electron chi connectivity index (χ3n) is 3.50. The van der Waals surface area contributed by atoms with Gasteiger partial charge < -0.3 is 0 Å². The summed E-state index contributed by atoms with van der Waals surface area (Å²) in [5.41, 5.74) is 5.52. The van der Waals surface area contributed by atoms with Gasteiger partial charge >= 0.3 is 0 Å². The Morgan fingerprint density at radius 1 is 0.650 bits per heavy atom. The van der Waals surface area contributed by atoms with Crippen LogP contribution in [0, 0.1) is 11.8 Å². The van der Waals surface area contributed by atoms with E-state index < -0.39 is 0 Å². The van der Waals surface area contributed by atoms with E-state index in [1.54, 1.807) is 0 Å². The van der Waals surface area contributed by atoms with Crippen LogP contribution in [0.15, 0.2) is 48.5 Å². The van der Waals surface area contributed by atoms with Crippen LogP contribution in [0.1, 0.15) is 38.8 Å². The van der Waals surface area contributed by atoms with E-state index in [2.05, 4.69) is 76.2 Å². The van der Waals surface area contributed by atoms with Crippen molar-refractivity contribution in [2.24, 2.45) is 11.8 Å². The molecule has 106 valence electrons. The number of hydrogen-bond acceptors (Lipinski definition) is 0. The predicted octanol–water partition coefficient (Wildman–Crippen LogP) is 5.75. The molecule has 0 heterocycles. The first-order valence-corrected chi connectivity index (χ1v) is 7.73. The first-order chi connectivity index (χ1) is 9.54. The third-order valence-corrected chi connectivity index (χ3v) is 3.50. The van der Waals surface area contributed by atoms with Gasteiger partial charge in [-0.1, -0.05) is 76.2 Å². The van der Waals surface area contributed by atoms with Gasteiger partial charge in [0.05, 0.1) is 0 Å². The van der Waals surface area contributed by atoms with E-state index in [0.29, 0.717) is 5.92 Å². The molecule has 0 fully saturated rings. The summed E-state index contributed by atoms with van der Waals surface area (Å²) in [6, 6.07) is 18.0. The highest BCUT2D eigenvalue weighted by Gasteiger charge is 2.03. The summed E-state index contributed by atoms with van der Waals surface area (Å²) in [7, 11) is 0. The fourth-order valence-corrected chi connectivity index (χ4v) is 2.65. The quantitative estimate of drug-likeness (QED) is 0.646. The van der Waals surface area contributed by atoms with Crippen molar-refractivity contribution in [3.63, 3.8) is 0 Å². The van der Waals surface area contributed by atoms with Crippen LogP contribution in [0.2, 0.25) is 0 Å². The van der Waals surface area contributed by atoms with Gasteiger partial charge in [-0.15, -0.1) is 0 Å². The lowest BCUT2D eigenvalue weighted by atomic mass is 9.96. The molecule has 0 radical (unpaired) electrons. The Labute approximate surface area is 123 Å². The minimum Gasteiger partial charge on any atom is -0.0625 e. The van der Waals surface area contributed by atoms with Crippen molar-refractivity contribution in [2.75, 3.05) is 0 Å². The van der Waals surface area contributed by atoms with E-state index in [-0.39, 0.29) is 0 Å². The fourth-order valence-electron chi connectivity index (χ4n) is 2.65. The predicted molar refractivity (Wildman–Crippen MR) is 89.0 cm³/mol. The monoisotopic (exact) mass is 266 g/mol. The molecule has 0 unspecified atom stereocenters. The maximum absolute atomic E-state index is 2.33. The molecule has 0 nitrogen and oxygen atoms in total. The summed E-state index contributed by atoms with van der Waals surface area (Å²) in [5.74, 6) is 1.42. The lowest BCUT2D eigenvalue weighted by molar-refractivity contribution is 0.647. The van der Waals surface area contributed by atoms with E-state index in [1.165, 1.54) is 22.3 Å². The Bertz CT molecular complexity index is 532. The molecule has 0 spiro atoms. The minimum absolute atomic E-state index is 0.707. The van der Waals surface area contributed by atoms with Crippen molar-refractivity contribution < 1.29 is 0 Å². The maximum Gasteiger partial charge on any atom is -0.0181 e. The zero-order chi connectivity index (χ0) is 14.5. The van der Waals surface area contributed by atoms with Gasteiger partial charge in [0.25, 0.3) is 0 Å². The van der Waals surface area contributed by atoms with Gasteiger partial charge in [-0.25, -0.2) is 0 Å². The molecule has 0 bridgehead atoms. The summed E-state index contributed by atoms with van der Waals surface area (Å²) >= 11 is 0. The summed E-state index contributed by atoms with van der Waals surface area (Å²) in [6.07, 6.45) is 2.31. The average Bonchev–Trinajstić information content (AvgIpc) is 2.38. The topological polar surface area (TPSA) is 0 Å². The van der Waals surface area contributed by atoms with Crippen LogP contribution in [0.4, 0.5) is 0 Å². The van der Waals surface area contributed by atoms with Crippen molar-refractivity contribution in [3.8, 4) is 11.1 Å². The van der Waals surface area contributed by atoms with Crippen LogP contribution < -0.4 is 0 Å². The zero-order valence-electron chi connectivity index (χ0n) is 13.2. The Morgan fingerprint density at radius 3 is 1.85 bits per heavy atom. The fraction of sp³-hybridized carbons (Fsp3) is 0.400. The molecule has 0 N–H and O–H groups in total. The molecule has 0 heteroatoms. The Hall–Kier alpha value is -1.56. The molecular formula is C20H26. The van der Waals surface area contributed by atoms with Gasteiger partial charge in [0.15, 0.2) is 0 Å². The highest BCUT2D eigenvalue weighted by atomic mass is 14.1. The molecular weight excluding hydrogens is 240 g/mol. The van der Waals surface area contributed by atoms with Crippen LogP contribution in [0.3, 0.4) is 0 Å². The highest BCUT2D eigenvalue weighted by molar-refractivity contribution is 5.64. The Morgan fingerprint density at radius 2 is 1.25 bits per heavy atom. The van der Waals surface area contributed by atoms with Gasteiger partial charge in [-0.3, -0.25) is 0 Å². The van der Waals surface area contributed by atoms with Crippen LogP contribution in [0.25, 0.3) is 11.1 Å². The Balaban J connectivity index is 2.18. The van der Waals surface area contributed by atoms with E-state index in [0.717, 1.165) is 18.8 Å². The van der Waals surface area contributed by atoms with E-state index in [4.69, 9.17) is 0 Å². The van der Waals surface area contributed by atoms with Crippen LogP contribution in [-0.2, 0) is 12.8 Å². The molecule has 0 atom stereocenters. The molecule has 2 aromatic rings. The summed E-state index contributed by atoms with van der Waals surface area (Å²) < 4.78 is 0. The summed E-state index contributed by atoms with van der Waals surface area (Å²) in [6.45, 7) is 9.08. The van der Waals surface area contributed by atoms with E-state index >= 15 is 0 Å². The molecule has 2 rings (SSSR count). The molecule has 20 heavy (non-hydrogen) atoms. The van der Waals surface area contributed by atoms with Gasteiger partial charge in [-0.2, -0.15) is 0 Å². The van der Waals surface area contributed by atoms with Crippen molar-refractivity contribution >= 4 is 0 Å². The van der Waals surface area contributed by atoms with Crippen molar-refractivity contribution in [2.45, 2.75) is 40.5 Å². The first-order valence-electron chi connectivity index (χ1n) is 7.73. The molecule has 0 aliphatic rings. The molecule has 0 saturated carbocycles. The van der Waals surface area contributed by atoms with Crippen molar-refractivity contribution in [1.82, 2.24) is 0 Å². The molecule has 0 aliphatic carbocycles. The smallest absolute Gasteiger partial charge is 0.0181 e. The minimum atomic E-state index is 0.707. The van der Waals surface area contributed by atoms with Crippen LogP contribution in [-0.4, -0.2) is 0 Å². The molecule has 2 aromatic carbocycles. The van der Waals surface area contributed by atoms with Gasteiger partial charge in [0.2, 0.25) is 0 Å². The average molecular weight is 266 g/mol. The highest BCUT2D eigenvalue weighted by Crippen LogP contribution is 2.23. The van der Waals surface area contributed by atoms with E-state index in [1.807, 2.05) is 0 Å². The standard InChI is InChI=1S/C20H26/c1-15(2)12-17-8-10-19(11-9-17)20-7-5-6-18(14-20)13-16(3)4/h5-11,14-16H,12-13H2,1-4H3. The second kappa shape index (κ2) is 6.74. The van der Waals surface area contributed by atoms with Crippen molar-refractivity contribution in [3.05, 3.63) is 59.7 Å². The lowest BCUT2D eigenvalue weighted by Gasteiger charge is -2.09. The molecule has 0 aliphatic heterocycles. The van der Waals surface area contributed by atoms with Gasteiger partial charge in [0, 0.05) is 0 Å². The Kier molecular flexibility index (Phi) is 5.00. The third kappa shape index (κ3) is 4.23. The molecule has 0 amide bonds. The number of benzene rings is 2. The van der Waals surface area contributed by atoms with E-state index in [9.17, 15) is 0 Å². The molecule has 0 aromatic heterocycles. The zero-order valence-corrected chi connectivity index (χ0v) is 13.2. The summed E-state index contributed by atoms with van der Waals surface area (Å²) in [5, 5.41) is 0. The SMILES string of the molecule is CC(C)Cc1ccc(-c2cccc(CC(C)C)c2)cc1. The normalized spacial score (nSPS) is 11.3. The largest absolute Gasteiger partial charge is 0.0625 e. The van der Waals surface area contributed by atoms with Crippen LogP contribution >= 0.6 is 0 Å². The number of hydrogen-bond donors (Lipinski definition) is 0. The lowest BCUT2D eigenvalue weighted by Crippen LogP contribution is -1.95. The number of rotatable bonds is 5. The van der Waals surface area contributed by atoms with Gasteiger partial charge in [0.1, 0.15) is 0 Å². The second-order valence-electron chi connectivity index (χ2n) is 6.59. The van der Waals surface area contributed by atoms with Gasteiger partial charge in [-0.05, 0) is 46.9 Å². The van der Waals surface area contributed by atoms with Crippen LogP contribution in [0.5, 0.6) is 0 Å². The van der Waals surface area contributed by atoms with Crippen molar-refractivity contribution in [1.29, 1.82) is 0 Å².